The van der Waals surface area contributed by atoms with E-state index in [1.165, 1.54) is 0 Å². The van der Waals surface area contributed by atoms with Crippen LogP contribution in [-0.2, 0) is 11.3 Å². The van der Waals surface area contributed by atoms with E-state index in [1.807, 2.05) is 24.8 Å². The maximum Gasteiger partial charge on any atom is 0.317 e. The Morgan fingerprint density at radius 3 is 2.71 bits per heavy atom. The van der Waals surface area contributed by atoms with Crippen LogP contribution in [0.4, 0.5) is 0 Å². The van der Waals surface area contributed by atoms with Crippen LogP contribution in [0.25, 0.3) is 0 Å². The highest BCUT2D eigenvalue weighted by Gasteiger charge is 2.15. The van der Waals surface area contributed by atoms with Crippen molar-refractivity contribution in [2.75, 3.05) is 6.54 Å². The fraction of sp³-hybridized carbons (Fsp3) is 0.462. The van der Waals surface area contributed by atoms with Gasteiger partial charge in [-0.1, -0.05) is 19.1 Å². The summed E-state index contributed by atoms with van der Waals surface area (Å²) in [5.41, 5.74) is 0.923. The average Bonchev–Trinajstić information content (AvgIpc) is 2.26. The van der Waals surface area contributed by atoms with Crippen LogP contribution in [0, 0.1) is 0 Å². The first-order valence-corrected chi connectivity index (χ1v) is 5.76. The molecule has 17 heavy (non-hydrogen) atoms. The minimum absolute atomic E-state index is 0.0185. The van der Waals surface area contributed by atoms with Crippen LogP contribution in [-0.4, -0.2) is 33.7 Å². The highest BCUT2D eigenvalue weighted by atomic mass is 16.4. The van der Waals surface area contributed by atoms with Gasteiger partial charge in [0.25, 0.3) is 0 Å². The molecule has 1 aromatic rings. The largest absolute Gasteiger partial charge is 0.508 e. The molecule has 0 aliphatic carbocycles. The van der Waals surface area contributed by atoms with E-state index in [4.69, 9.17) is 5.11 Å². The number of phenols is 1. The number of carboxylic acid groups (broad SMARTS) is 1. The summed E-state index contributed by atoms with van der Waals surface area (Å²) in [6, 6.07) is 7.12. The zero-order valence-corrected chi connectivity index (χ0v) is 10.3. The van der Waals surface area contributed by atoms with Gasteiger partial charge in [-0.15, -0.1) is 0 Å². The Bertz CT molecular complexity index is 379. The standard InChI is InChI=1S/C13H19NO3/c1-3-10(2)14(9-13(16)17)8-11-5-4-6-12(15)7-11/h4-7,10,15H,3,8-9H2,1-2H3,(H,16,17). The molecule has 0 amide bonds. The topological polar surface area (TPSA) is 60.8 Å². The van der Waals surface area contributed by atoms with Crippen LogP contribution in [0.2, 0.25) is 0 Å². The third-order valence-corrected chi connectivity index (χ3v) is 2.85. The van der Waals surface area contributed by atoms with Crippen LogP contribution in [0.5, 0.6) is 5.75 Å². The van der Waals surface area contributed by atoms with E-state index in [0.29, 0.717) is 6.54 Å². The summed E-state index contributed by atoms with van der Waals surface area (Å²) in [7, 11) is 0. The molecule has 0 heterocycles. The molecule has 1 aromatic carbocycles. The quantitative estimate of drug-likeness (QED) is 0.795. The van der Waals surface area contributed by atoms with E-state index in [1.54, 1.807) is 18.2 Å². The number of hydrogen-bond donors (Lipinski definition) is 2. The number of benzene rings is 1. The Morgan fingerprint density at radius 1 is 1.47 bits per heavy atom. The fourth-order valence-corrected chi connectivity index (χ4v) is 1.69. The van der Waals surface area contributed by atoms with Crippen molar-refractivity contribution in [2.45, 2.75) is 32.9 Å². The van der Waals surface area contributed by atoms with Gasteiger partial charge in [0.05, 0.1) is 6.54 Å². The van der Waals surface area contributed by atoms with Gasteiger partial charge in [-0.3, -0.25) is 9.69 Å². The highest BCUT2D eigenvalue weighted by molar-refractivity contribution is 5.69. The Morgan fingerprint density at radius 2 is 2.18 bits per heavy atom. The second-order valence-corrected chi connectivity index (χ2v) is 4.23. The zero-order valence-electron chi connectivity index (χ0n) is 10.3. The van der Waals surface area contributed by atoms with Crippen LogP contribution >= 0.6 is 0 Å². The summed E-state index contributed by atoms with van der Waals surface area (Å²) < 4.78 is 0. The summed E-state index contributed by atoms with van der Waals surface area (Å²) in [5.74, 6) is -0.618. The third-order valence-electron chi connectivity index (χ3n) is 2.85. The average molecular weight is 237 g/mol. The van der Waals surface area contributed by atoms with Crippen molar-refractivity contribution in [1.29, 1.82) is 0 Å². The van der Waals surface area contributed by atoms with Gasteiger partial charge in [0.2, 0.25) is 0 Å². The van der Waals surface area contributed by atoms with E-state index in [0.717, 1.165) is 12.0 Å². The summed E-state index contributed by atoms with van der Waals surface area (Å²) in [4.78, 5) is 12.7. The zero-order chi connectivity index (χ0) is 12.8. The first-order chi connectivity index (χ1) is 8.02. The van der Waals surface area contributed by atoms with Crippen LogP contribution < -0.4 is 0 Å². The summed E-state index contributed by atoms with van der Waals surface area (Å²) >= 11 is 0. The van der Waals surface area contributed by atoms with Crippen LogP contribution in [0.3, 0.4) is 0 Å². The number of hydrogen-bond acceptors (Lipinski definition) is 3. The molecule has 1 rings (SSSR count). The van der Waals surface area contributed by atoms with Crippen molar-refractivity contribution in [3.05, 3.63) is 29.8 Å². The lowest BCUT2D eigenvalue weighted by Gasteiger charge is -2.26. The predicted octanol–water partition coefficient (Wildman–Crippen LogP) is 2.08. The van der Waals surface area contributed by atoms with Crippen LogP contribution in [0.1, 0.15) is 25.8 Å². The van der Waals surface area contributed by atoms with Gasteiger partial charge in [-0.25, -0.2) is 0 Å². The molecule has 0 fully saturated rings. The minimum Gasteiger partial charge on any atom is -0.508 e. The lowest BCUT2D eigenvalue weighted by atomic mass is 10.1. The van der Waals surface area contributed by atoms with Crippen LogP contribution in [0.15, 0.2) is 24.3 Å². The molecule has 1 unspecified atom stereocenters. The number of aromatic hydroxyl groups is 1. The molecular formula is C13H19NO3. The molecule has 1 atom stereocenters. The number of carboxylic acids is 1. The third kappa shape index (κ3) is 4.44. The number of carbonyl (C=O) groups is 1. The summed E-state index contributed by atoms with van der Waals surface area (Å²) in [6.45, 7) is 4.59. The molecule has 0 aliphatic rings. The Hall–Kier alpha value is -1.55. The van der Waals surface area contributed by atoms with Gasteiger partial charge >= 0.3 is 5.97 Å². The van der Waals surface area contributed by atoms with Gasteiger partial charge in [0.15, 0.2) is 0 Å². The van der Waals surface area contributed by atoms with Gasteiger partial charge in [-0.05, 0) is 31.0 Å². The number of aliphatic carboxylic acids is 1. The molecule has 0 bridgehead atoms. The minimum atomic E-state index is -0.828. The molecule has 4 nitrogen and oxygen atoms in total. The van der Waals surface area contributed by atoms with Crippen molar-refractivity contribution in [3.8, 4) is 5.75 Å². The number of phenolic OH excluding ortho intramolecular Hbond substituents is 1. The van der Waals surface area contributed by atoms with Crippen molar-refractivity contribution in [3.63, 3.8) is 0 Å². The van der Waals surface area contributed by atoms with E-state index in [2.05, 4.69) is 0 Å². The first kappa shape index (κ1) is 13.5. The maximum atomic E-state index is 10.8. The van der Waals surface area contributed by atoms with Crippen molar-refractivity contribution in [1.82, 2.24) is 4.90 Å². The second kappa shape index (κ2) is 6.25. The smallest absolute Gasteiger partial charge is 0.317 e. The molecule has 0 saturated heterocycles. The van der Waals surface area contributed by atoms with Crippen molar-refractivity contribution < 1.29 is 15.0 Å². The molecular weight excluding hydrogens is 218 g/mol. The summed E-state index contributed by atoms with van der Waals surface area (Å²) in [6.07, 6.45) is 0.895. The van der Waals surface area contributed by atoms with Crippen molar-refractivity contribution >= 4 is 5.97 Å². The van der Waals surface area contributed by atoms with Gasteiger partial charge in [-0.2, -0.15) is 0 Å². The number of rotatable bonds is 6. The van der Waals surface area contributed by atoms with Gasteiger partial charge < -0.3 is 10.2 Å². The number of nitrogens with zero attached hydrogens (tertiary/aromatic N) is 1. The SMILES string of the molecule is CCC(C)N(CC(=O)O)Cc1cccc(O)c1. The van der Waals surface area contributed by atoms with Gasteiger partial charge in [0.1, 0.15) is 5.75 Å². The monoisotopic (exact) mass is 237 g/mol. The molecule has 0 aromatic heterocycles. The lowest BCUT2D eigenvalue weighted by Crippen LogP contribution is -2.36. The molecule has 4 heteroatoms. The molecule has 0 spiro atoms. The Balaban J connectivity index is 2.74. The summed E-state index contributed by atoms with van der Waals surface area (Å²) in [5, 5.41) is 18.2. The highest BCUT2D eigenvalue weighted by Crippen LogP contribution is 2.15. The Kier molecular flexibility index (Phi) is 4.97. The molecule has 0 aliphatic heterocycles. The van der Waals surface area contributed by atoms with E-state index >= 15 is 0 Å². The van der Waals surface area contributed by atoms with Crippen molar-refractivity contribution in [2.24, 2.45) is 0 Å². The first-order valence-electron chi connectivity index (χ1n) is 5.76. The second-order valence-electron chi connectivity index (χ2n) is 4.23. The molecule has 94 valence electrons. The van der Waals surface area contributed by atoms with Gasteiger partial charge in [0, 0.05) is 12.6 Å². The van der Waals surface area contributed by atoms with E-state index < -0.39 is 5.97 Å². The fourth-order valence-electron chi connectivity index (χ4n) is 1.69. The van der Waals surface area contributed by atoms with E-state index in [9.17, 15) is 9.90 Å². The molecule has 0 saturated carbocycles. The molecule has 2 N–H and O–H groups in total. The Labute approximate surface area is 101 Å². The predicted molar refractivity (Wildman–Crippen MR) is 65.9 cm³/mol. The normalized spacial score (nSPS) is 12.6. The lowest BCUT2D eigenvalue weighted by molar-refractivity contribution is -0.139. The maximum absolute atomic E-state index is 10.8. The molecule has 0 radical (unpaired) electrons. The van der Waals surface area contributed by atoms with E-state index in [-0.39, 0.29) is 18.3 Å².